The third kappa shape index (κ3) is 4.88. The lowest BCUT2D eigenvalue weighted by atomic mass is 10.1. The number of piperazine rings is 1. The predicted octanol–water partition coefficient (Wildman–Crippen LogP) is 3.75. The van der Waals surface area contributed by atoms with Crippen LogP contribution in [0.15, 0.2) is 53.3 Å². The van der Waals surface area contributed by atoms with Crippen LogP contribution in [0.3, 0.4) is 0 Å². The van der Waals surface area contributed by atoms with Gasteiger partial charge in [-0.05, 0) is 36.6 Å². The number of carbonyl (C=O) groups is 2. The molecule has 2 amide bonds. The van der Waals surface area contributed by atoms with Crippen LogP contribution in [0, 0.1) is 0 Å². The molecule has 1 aliphatic rings. The summed E-state index contributed by atoms with van der Waals surface area (Å²) in [5.41, 5.74) is 2.01. The van der Waals surface area contributed by atoms with E-state index < -0.39 is 0 Å². The second-order valence-electron chi connectivity index (χ2n) is 8.76. The topological polar surface area (TPSA) is 75.5 Å². The molecule has 1 aromatic heterocycles. The summed E-state index contributed by atoms with van der Waals surface area (Å²) in [6.45, 7) is 6.49. The van der Waals surface area contributed by atoms with Crippen molar-refractivity contribution in [1.29, 1.82) is 0 Å². The van der Waals surface area contributed by atoms with Crippen LogP contribution in [0.2, 0.25) is 0 Å². The van der Waals surface area contributed by atoms with Crippen LogP contribution >= 0.6 is 0 Å². The lowest BCUT2D eigenvalue weighted by molar-refractivity contribution is 0.0532. The Kier molecular flexibility index (Phi) is 7.40. The monoisotopic (exact) mass is 460 g/mol. The molecule has 7 heteroatoms. The van der Waals surface area contributed by atoms with E-state index in [4.69, 9.17) is 0 Å². The molecule has 0 unspecified atom stereocenters. The number of carbonyl (C=O) groups excluding carboxylic acids is 2. The highest BCUT2D eigenvalue weighted by Gasteiger charge is 2.28. The zero-order valence-corrected chi connectivity index (χ0v) is 20.0. The van der Waals surface area contributed by atoms with Gasteiger partial charge in [0, 0.05) is 43.7 Å². The summed E-state index contributed by atoms with van der Waals surface area (Å²) in [5, 5.41) is 5.60. The van der Waals surface area contributed by atoms with Gasteiger partial charge in [-0.15, -0.1) is 0 Å². The van der Waals surface area contributed by atoms with Crippen LogP contribution in [-0.4, -0.2) is 57.6 Å². The molecule has 3 aromatic rings. The first kappa shape index (κ1) is 23.7. The van der Waals surface area contributed by atoms with Crippen molar-refractivity contribution in [3.05, 3.63) is 75.7 Å². The van der Waals surface area contributed by atoms with Gasteiger partial charge >= 0.3 is 0 Å². The zero-order valence-electron chi connectivity index (χ0n) is 20.0. The van der Waals surface area contributed by atoms with Crippen molar-refractivity contribution >= 4 is 22.6 Å². The highest BCUT2D eigenvalue weighted by atomic mass is 16.2. The van der Waals surface area contributed by atoms with Gasteiger partial charge in [-0.2, -0.15) is 5.10 Å². The molecule has 0 spiro atoms. The van der Waals surface area contributed by atoms with Gasteiger partial charge in [-0.25, -0.2) is 4.68 Å². The molecular weight excluding hydrogens is 428 g/mol. The summed E-state index contributed by atoms with van der Waals surface area (Å²) < 4.78 is 1.44. The maximum absolute atomic E-state index is 13.5. The largest absolute Gasteiger partial charge is 0.335 e. The van der Waals surface area contributed by atoms with E-state index in [9.17, 15) is 14.4 Å². The molecule has 0 N–H and O–H groups in total. The minimum absolute atomic E-state index is 0.0113. The summed E-state index contributed by atoms with van der Waals surface area (Å²) in [7, 11) is 0. The van der Waals surface area contributed by atoms with Crippen LogP contribution in [0.4, 0.5) is 0 Å². The van der Waals surface area contributed by atoms with Gasteiger partial charge in [0.05, 0.1) is 5.39 Å². The Balaban J connectivity index is 1.51. The zero-order chi connectivity index (χ0) is 24.1. The summed E-state index contributed by atoms with van der Waals surface area (Å²) in [5.74, 6) is -0.206. The first-order valence-corrected chi connectivity index (χ1v) is 12.2. The van der Waals surface area contributed by atoms with Crippen LogP contribution < -0.4 is 5.56 Å². The fourth-order valence-corrected chi connectivity index (χ4v) is 4.38. The molecule has 1 aliphatic heterocycles. The van der Waals surface area contributed by atoms with E-state index in [1.807, 2.05) is 36.4 Å². The highest BCUT2D eigenvalue weighted by Crippen LogP contribution is 2.18. The molecule has 0 saturated carbocycles. The van der Waals surface area contributed by atoms with Crippen molar-refractivity contribution in [1.82, 2.24) is 19.6 Å². The number of hydrogen-bond acceptors (Lipinski definition) is 4. The van der Waals surface area contributed by atoms with E-state index in [1.54, 1.807) is 21.9 Å². The standard InChI is InChI=1S/C27H32N4O3/c1-3-5-8-15-31-26(33)23-10-7-6-9-22(23)24(28-31)27(34)30-18-16-29(17-19-30)25(32)21-13-11-20(4-2)12-14-21/h6-7,9-14H,3-5,8,15-19H2,1-2H3. The van der Waals surface area contributed by atoms with Gasteiger partial charge in [0.2, 0.25) is 0 Å². The Morgan fingerprint density at radius 2 is 1.44 bits per heavy atom. The van der Waals surface area contributed by atoms with Crippen molar-refractivity contribution < 1.29 is 9.59 Å². The average Bonchev–Trinajstić information content (AvgIpc) is 2.89. The van der Waals surface area contributed by atoms with Gasteiger partial charge in [-0.1, -0.05) is 57.0 Å². The highest BCUT2D eigenvalue weighted by molar-refractivity contribution is 6.05. The molecule has 0 radical (unpaired) electrons. The maximum Gasteiger partial charge on any atom is 0.275 e. The summed E-state index contributed by atoms with van der Waals surface area (Å²) >= 11 is 0. The first-order valence-electron chi connectivity index (χ1n) is 12.2. The first-order chi connectivity index (χ1) is 16.5. The SMILES string of the molecule is CCCCCn1nc(C(=O)N2CCN(C(=O)c3ccc(CC)cc3)CC2)c2ccccc2c1=O. The maximum atomic E-state index is 13.5. The number of amides is 2. The second-order valence-corrected chi connectivity index (χ2v) is 8.76. The Hall–Kier alpha value is -3.48. The van der Waals surface area contributed by atoms with Gasteiger partial charge < -0.3 is 9.80 Å². The van der Waals surface area contributed by atoms with Gasteiger partial charge in [0.25, 0.3) is 17.4 Å². The number of nitrogens with zero attached hydrogens (tertiary/aromatic N) is 4. The van der Waals surface area contributed by atoms with Gasteiger partial charge in [0.1, 0.15) is 0 Å². The molecule has 0 bridgehead atoms. The van der Waals surface area contributed by atoms with Gasteiger partial charge in [0.15, 0.2) is 5.69 Å². The summed E-state index contributed by atoms with van der Waals surface area (Å²) in [6.07, 6.45) is 3.82. The Labute approximate surface area is 200 Å². The Morgan fingerprint density at radius 3 is 2.06 bits per heavy atom. The molecule has 0 aliphatic carbocycles. The number of benzene rings is 2. The fourth-order valence-electron chi connectivity index (χ4n) is 4.38. The predicted molar refractivity (Wildman–Crippen MR) is 133 cm³/mol. The summed E-state index contributed by atoms with van der Waals surface area (Å²) in [4.78, 5) is 42.8. The molecular formula is C27H32N4O3. The molecule has 7 nitrogen and oxygen atoms in total. The van der Waals surface area contributed by atoms with E-state index in [2.05, 4.69) is 18.9 Å². The molecule has 2 aromatic carbocycles. The van der Waals surface area contributed by atoms with Crippen molar-refractivity contribution in [2.45, 2.75) is 46.1 Å². The Morgan fingerprint density at radius 1 is 0.824 bits per heavy atom. The van der Waals surface area contributed by atoms with E-state index in [-0.39, 0.29) is 17.4 Å². The van der Waals surface area contributed by atoms with Crippen LogP contribution in [0.1, 0.15) is 59.5 Å². The lowest BCUT2D eigenvalue weighted by Crippen LogP contribution is -2.51. The second kappa shape index (κ2) is 10.6. The van der Waals surface area contributed by atoms with E-state index in [0.717, 1.165) is 25.7 Å². The van der Waals surface area contributed by atoms with Crippen LogP contribution in [-0.2, 0) is 13.0 Å². The van der Waals surface area contributed by atoms with Crippen molar-refractivity contribution in [2.24, 2.45) is 0 Å². The van der Waals surface area contributed by atoms with E-state index in [0.29, 0.717) is 54.8 Å². The molecule has 34 heavy (non-hydrogen) atoms. The number of aromatic nitrogens is 2. The fraction of sp³-hybridized carbons (Fsp3) is 0.407. The third-order valence-corrected chi connectivity index (χ3v) is 6.51. The van der Waals surface area contributed by atoms with Crippen molar-refractivity contribution in [3.63, 3.8) is 0 Å². The molecule has 2 heterocycles. The molecule has 1 saturated heterocycles. The number of aryl methyl sites for hydroxylation is 2. The van der Waals surface area contributed by atoms with E-state index in [1.165, 1.54) is 10.2 Å². The number of fused-ring (bicyclic) bond motifs is 1. The average molecular weight is 461 g/mol. The molecule has 1 fully saturated rings. The van der Waals surface area contributed by atoms with E-state index >= 15 is 0 Å². The minimum Gasteiger partial charge on any atom is -0.335 e. The van der Waals surface area contributed by atoms with Crippen LogP contribution in [0.5, 0.6) is 0 Å². The quantitative estimate of drug-likeness (QED) is 0.503. The lowest BCUT2D eigenvalue weighted by Gasteiger charge is -2.34. The molecule has 178 valence electrons. The molecule has 0 atom stereocenters. The molecule has 4 rings (SSSR count). The Bertz CT molecular complexity index is 1220. The minimum atomic E-state index is -0.195. The van der Waals surface area contributed by atoms with Crippen LogP contribution in [0.25, 0.3) is 10.8 Å². The third-order valence-electron chi connectivity index (χ3n) is 6.51. The van der Waals surface area contributed by atoms with Crippen molar-refractivity contribution in [3.8, 4) is 0 Å². The smallest absolute Gasteiger partial charge is 0.275 e. The van der Waals surface area contributed by atoms with Crippen molar-refractivity contribution in [2.75, 3.05) is 26.2 Å². The number of rotatable bonds is 7. The summed E-state index contributed by atoms with van der Waals surface area (Å²) in [6, 6.07) is 14.9. The number of hydrogen-bond donors (Lipinski definition) is 0. The normalized spacial score (nSPS) is 13.9. The number of unbranched alkanes of at least 4 members (excludes halogenated alkanes) is 2. The van der Waals surface area contributed by atoms with Gasteiger partial charge in [-0.3, -0.25) is 14.4 Å².